The van der Waals surface area contributed by atoms with Gasteiger partial charge in [0, 0.05) is 30.5 Å². The van der Waals surface area contributed by atoms with Crippen molar-refractivity contribution >= 4 is 35.5 Å². The Morgan fingerprint density at radius 3 is 2.96 bits per heavy atom. The van der Waals surface area contributed by atoms with Crippen LogP contribution >= 0.6 is 23.6 Å². The molecule has 1 aromatic carbocycles. The van der Waals surface area contributed by atoms with Gasteiger partial charge in [0.1, 0.15) is 11.6 Å². The molecule has 0 aliphatic carbocycles. The lowest BCUT2D eigenvalue weighted by Gasteiger charge is -2.20. The summed E-state index contributed by atoms with van der Waals surface area (Å²) < 4.78 is 23.6. The van der Waals surface area contributed by atoms with Crippen molar-refractivity contribution in [2.45, 2.75) is 12.8 Å². The van der Waals surface area contributed by atoms with Crippen molar-refractivity contribution in [1.29, 1.82) is 0 Å². The first kappa shape index (κ1) is 20.5. The summed E-state index contributed by atoms with van der Waals surface area (Å²) in [6.45, 7) is 4.40. The van der Waals surface area contributed by atoms with Gasteiger partial charge in [-0.1, -0.05) is 18.2 Å². The average Bonchev–Trinajstić information content (AvgIpc) is 2.63. The molecular formula is C17H20ClFN2O4S. The van der Waals surface area contributed by atoms with E-state index in [4.69, 9.17) is 20.5 Å². The van der Waals surface area contributed by atoms with E-state index < -0.39 is 5.82 Å². The first-order valence-electron chi connectivity index (χ1n) is 8.03. The Morgan fingerprint density at radius 1 is 1.46 bits per heavy atom. The van der Waals surface area contributed by atoms with E-state index in [0.29, 0.717) is 37.4 Å². The van der Waals surface area contributed by atoms with Crippen LogP contribution in [0.3, 0.4) is 0 Å². The molecule has 2 rings (SSSR count). The highest BCUT2D eigenvalue weighted by atomic mass is 35.5. The van der Waals surface area contributed by atoms with Gasteiger partial charge in [-0.05, 0) is 30.6 Å². The van der Waals surface area contributed by atoms with Crippen LogP contribution in [-0.2, 0) is 13.8 Å². The van der Waals surface area contributed by atoms with Crippen LogP contribution in [0.5, 0.6) is 5.75 Å². The minimum Gasteiger partial charge on any atom is -0.484 e. The number of rotatable bonds is 8. The van der Waals surface area contributed by atoms with Crippen LogP contribution in [-0.4, -0.2) is 37.3 Å². The Balaban J connectivity index is 1.62. The maximum Gasteiger partial charge on any atom is 0.257 e. The molecule has 1 aliphatic heterocycles. The van der Waals surface area contributed by atoms with Gasteiger partial charge in [-0.25, -0.2) is 4.39 Å². The number of nitrogens with one attached hydrogen (secondary N) is 2. The van der Waals surface area contributed by atoms with Crippen LogP contribution in [0.4, 0.5) is 4.39 Å². The van der Waals surface area contributed by atoms with Crippen LogP contribution < -0.4 is 15.4 Å². The number of hydrogen-bond donors (Lipinski definition) is 2. The number of amides is 2. The zero-order valence-corrected chi connectivity index (χ0v) is 15.6. The number of ether oxygens (including phenoxy) is 1. The lowest BCUT2D eigenvalue weighted by atomic mass is 10.1. The van der Waals surface area contributed by atoms with Crippen molar-refractivity contribution in [2.24, 2.45) is 5.92 Å². The number of hydrogen-bond acceptors (Lipinski definition) is 5. The molecule has 0 aromatic heterocycles. The van der Waals surface area contributed by atoms with E-state index in [1.165, 1.54) is 24.2 Å². The second kappa shape index (κ2) is 10.4. The highest BCUT2D eigenvalue weighted by Crippen LogP contribution is 2.21. The highest BCUT2D eigenvalue weighted by molar-refractivity contribution is 7.94. The van der Waals surface area contributed by atoms with Crippen molar-refractivity contribution in [3.05, 3.63) is 41.3 Å². The quantitative estimate of drug-likeness (QED) is 0.654. The summed E-state index contributed by atoms with van der Waals surface area (Å²) in [4.78, 5) is 23.8. The predicted molar refractivity (Wildman–Crippen MR) is 98.3 cm³/mol. The van der Waals surface area contributed by atoms with Crippen LogP contribution in [0.1, 0.15) is 12.8 Å². The second-order valence-corrected chi connectivity index (χ2v) is 6.86. The van der Waals surface area contributed by atoms with Gasteiger partial charge >= 0.3 is 0 Å². The lowest BCUT2D eigenvalue weighted by Crippen LogP contribution is -2.35. The number of carbonyl (C=O) groups excluding carboxylic acids is 2. The summed E-state index contributed by atoms with van der Waals surface area (Å²) >= 11 is 6.86. The molecule has 0 saturated carbocycles. The minimum absolute atomic E-state index is 0.0123. The topological polar surface area (TPSA) is 76.7 Å². The van der Waals surface area contributed by atoms with E-state index in [1.54, 1.807) is 0 Å². The molecule has 142 valence electrons. The maximum absolute atomic E-state index is 13.3. The van der Waals surface area contributed by atoms with E-state index in [0.717, 1.165) is 6.07 Å². The van der Waals surface area contributed by atoms with Crippen LogP contribution in [0.25, 0.3) is 0 Å². The molecule has 1 aliphatic rings. The third-order valence-corrected chi connectivity index (χ3v) is 4.76. The van der Waals surface area contributed by atoms with E-state index in [2.05, 4.69) is 17.2 Å². The molecule has 1 aromatic rings. The highest BCUT2D eigenvalue weighted by Gasteiger charge is 2.22. The molecule has 0 bridgehead atoms. The molecule has 1 saturated heterocycles. The Labute approximate surface area is 160 Å². The van der Waals surface area contributed by atoms with Crippen LogP contribution in [0.2, 0.25) is 5.02 Å². The van der Waals surface area contributed by atoms with E-state index in [1.807, 2.05) is 0 Å². The molecule has 1 fully saturated rings. The molecule has 1 heterocycles. The zero-order valence-electron chi connectivity index (χ0n) is 14.1. The van der Waals surface area contributed by atoms with Crippen molar-refractivity contribution in [2.75, 3.05) is 25.5 Å². The monoisotopic (exact) mass is 402 g/mol. The predicted octanol–water partition coefficient (Wildman–Crippen LogP) is 2.68. The standard InChI is InChI=1S/C17H20ClFN2O4S/c1-11(21-17(23)12-5-7-25-26-10-12)4-6-20-16(22)9-24-13-2-3-14(18)15(19)8-13/h2-3,8,12H,1,4-7,9-10H2,(H,20,22)(H,21,23). The lowest BCUT2D eigenvalue weighted by molar-refractivity contribution is -0.124. The van der Waals surface area contributed by atoms with Gasteiger partial charge in [0.2, 0.25) is 5.91 Å². The molecule has 2 N–H and O–H groups in total. The van der Waals surface area contributed by atoms with Crippen molar-refractivity contribution in [3.63, 3.8) is 0 Å². The Kier molecular flexibility index (Phi) is 8.21. The fourth-order valence-corrected chi connectivity index (χ4v) is 3.04. The minimum atomic E-state index is -0.612. The summed E-state index contributed by atoms with van der Waals surface area (Å²) in [5.41, 5.74) is 0.535. The van der Waals surface area contributed by atoms with Crippen LogP contribution in [0.15, 0.2) is 30.5 Å². The van der Waals surface area contributed by atoms with E-state index >= 15 is 0 Å². The van der Waals surface area contributed by atoms with Crippen molar-refractivity contribution in [1.82, 2.24) is 10.6 Å². The van der Waals surface area contributed by atoms with Gasteiger partial charge in [-0.2, -0.15) is 0 Å². The first-order chi connectivity index (χ1) is 12.5. The summed E-state index contributed by atoms with van der Waals surface area (Å²) in [6, 6.07) is 3.94. The molecule has 1 unspecified atom stereocenters. The molecule has 26 heavy (non-hydrogen) atoms. The Bertz CT molecular complexity index is 668. The summed E-state index contributed by atoms with van der Waals surface area (Å²) in [7, 11) is 0. The largest absolute Gasteiger partial charge is 0.484 e. The van der Waals surface area contributed by atoms with Gasteiger partial charge in [0.05, 0.1) is 17.5 Å². The van der Waals surface area contributed by atoms with E-state index in [-0.39, 0.29) is 35.1 Å². The Hall–Kier alpha value is -1.77. The van der Waals surface area contributed by atoms with Gasteiger partial charge < -0.3 is 19.6 Å². The summed E-state index contributed by atoms with van der Waals surface area (Å²) in [6.07, 6.45) is 1.09. The van der Waals surface area contributed by atoms with E-state index in [9.17, 15) is 14.0 Å². The first-order valence-corrected chi connectivity index (χ1v) is 9.32. The van der Waals surface area contributed by atoms with Gasteiger partial charge in [0.25, 0.3) is 5.91 Å². The van der Waals surface area contributed by atoms with Gasteiger partial charge in [-0.15, -0.1) is 0 Å². The van der Waals surface area contributed by atoms with Gasteiger partial charge in [-0.3, -0.25) is 9.59 Å². The number of carbonyl (C=O) groups is 2. The van der Waals surface area contributed by atoms with Crippen LogP contribution in [0, 0.1) is 11.7 Å². The SMILES string of the molecule is C=C(CCNC(=O)COc1ccc(Cl)c(F)c1)NC(=O)C1CCOSC1. The van der Waals surface area contributed by atoms with Crippen molar-refractivity contribution in [3.8, 4) is 5.75 Å². The fraction of sp³-hybridized carbons (Fsp3) is 0.412. The molecule has 0 spiro atoms. The maximum atomic E-state index is 13.3. The molecule has 9 heteroatoms. The number of benzene rings is 1. The smallest absolute Gasteiger partial charge is 0.257 e. The summed E-state index contributed by atoms with van der Waals surface area (Å²) in [5.74, 6) is -0.301. The Morgan fingerprint density at radius 2 is 2.27 bits per heavy atom. The molecule has 6 nitrogen and oxygen atoms in total. The molecule has 0 radical (unpaired) electrons. The molecular weight excluding hydrogens is 383 g/mol. The normalized spacial score (nSPS) is 16.6. The van der Waals surface area contributed by atoms with Gasteiger partial charge in [0.15, 0.2) is 6.61 Å². The third kappa shape index (κ3) is 6.86. The number of halogens is 2. The third-order valence-electron chi connectivity index (χ3n) is 3.58. The average molecular weight is 403 g/mol. The fourth-order valence-electron chi connectivity index (χ4n) is 2.13. The summed E-state index contributed by atoms with van der Waals surface area (Å²) in [5, 5.41) is 5.38. The van der Waals surface area contributed by atoms with Crippen molar-refractivity contribution < 1.29 is 22.9 Å². The molecule has 1 atom stereocenters. The molecule has 2 amide bonds. The zero-order chi connectivity index (χ0) is 18.9. The second-order valence-electron chi connectivity index (χ2n) is 5.65.